The van der Waals surface area contributed by atoms with Crippen LogP contribution < -0.4 is 5.32 Å². The highest BCUT2D eigenvalue weighted by molar-refractivity contribution is 5.93. The maximum Gasteiger partial charge on any atom is 0.273 e. The molecule has 7 nitrogen and oxygen atoms in total. The van der Waals surface area contributed by atoms with E-state index in [1.807, 2.05) is 42.1 Å². The molecule has 0 unspecified atom stereocenters. The molecule has 4 rings (SSSR count). The summed E-state index contributed by atoms with van der Waals surface area (Å²) in [7, 11) is 1.92. The zero-order valence-electron chi connectivity index (χ0n) is 14.0. The van der Waals surface area contributed by atoms with Crippen LogP contribution in [0.3, 0.4) is 0 Å². The van der Waals surface area contributed by atoms with Gasteiger partial charge in [0, 0.05) is 42.3 Å². The maximum atomic E-state index is 12.3. The Labute approximate surface area is 148 Å². The van der Waals surface area contributed by atoms with Gasteiger partial charge in [-0.2, -0.15) is 0 Å². The molecular formula is C19H17N3O4. The lowest BCUT2D eigenvalue weighted by Crippen LogP contribution is -2.28. The zero-order chi connectivity index (χ0) is 18.1. The minimum absolute atomic E-state index is 0.0653. The molecule has 0 bridgehead atoms. The SMILES string of the molecule is Cn1cc([C@H](O)CNC(=O)c2cc(-c3ccco3)on2)c2ccccc21. The molecule has 0 radical (unpaired) electrons. The smallest absolute Gasteiger partial charge is 0.273 e. The number of aryl methyl sites for hydroxylation is 1. The summed E-state index contributed by atoms with van der Waals surface area (Å²) in [5, 5.41) is 17.9. The molecule has 0 saturated heterocycles. The lowest BCUT2D eigenvalue weighted by atomic mass is 10.1. The lowest BCUT2D eigenvalue weighted by molar-refractivity contribution is 0.0908. The van der Waals surface area contributed by atoms with Gasteiger partial charge in [-0.3, -0.25) is 4.79 Å². The van der Waals surface area contributed by atoms with E-state index >= 15 is 0 Å². The van der Waals surface area contributed by atoms with Crippen LogP contribution in [0.25, 0.3) is 22.4 Å². The summed E-state index contributed by atoms with van der Waals surface area (Å²) in [4.78, 5) is 12.3. The molecular weight excluding hydrogens is 334 g/mol. The van der Waals surface area contributed by atoms with Crippen molar-refractivity contribution < 1.29 is 18.8 Å². The number of aliphatic hydroxyl groups excluding tert-OH is 1. The molecule has 0 fully saturated rings. The average Bonchev–Trinajstić information content (AvgIpc) is 3.39. The number of amides is 1. The van der Waals surface area contributed by atoms with Crippen molar-refractivity contribution in [2.24, 2.45) is 7.05 Å². The molecule has 0 aliphatic heterocycles. The van der Waals surface area contributed by atoms with E-state index in [2.05, 4.69) is 10.5 Å². The number of furan rings is 1. The second kappa shape index (κ2) is 6.53. The van der Waals surface area contributed by atoms with E-state index in [0.717, 1.165) is 16.5 Å². The fourth-order valence-electron chi connectivity index (χ4n) is 2.95. The molecule has 26 heavy (non-hydrogen) atoms. The van der Waals surface area contributed by atoms with Crippen LogP contribution in [0.4, 0.5) is 0 Å². The number of para-hydroxylation sites is 1. The number of hydrogen-bond acceptors (Lipinski definition) is 5. The van der Waals surface area contributed by atoms with Gasteiger partial charge in [0.05, 0.1) is 12.4 Å². The van der Waals surface area contributed by atoms with E-state index in [0.29, 0.717) is 11.5 Å². The second-order valence-electron chi connectivity index (χ2n) is 5.99. The molecule has 0 aliphatic rings. The topological polar surface area (TPSA) is 93.4 Å². The first-order valence-corrected chi connectivity index (χ1v) is 8.14. The first-order valence-electron chi connectivity index (χ1n) is 8.14. The summed E-state index contributed by atoms with van der Waals surface area (Å²) in [6.45, 7) is 0.0653. The molecule has 1 atom stereocenters. The predicted molar refractivity (Wildman–Crippen MR) is 94.4 cm³/mol. The van der Waals surface area contributed by atoms with Gasteiger partial charge in [0.15, 0.2) is 11.5 Å². The Morgan fingerprint density at radius 2 is 2.12 bits per heavy atom. The maximum absolute atomic E-state index is 12.3. The standard InChI is InChI=1S/C19H17N3O4/c1-22-11-13(12-5-2-3-6-15(12)22)16(23)10-20-19(24)14-9-18(26-21-14)17-7-4-8-25-17/h2-9,11,16,23H,10H2,1H3,(H,20,24)/t16-/m1/s1. The van der Waals surface area contributed by atoms with Crippen LogP contribution in [0.5, 0.6) is 0 Å². The monoisotopic (exact) mass is 351 g/mol. The number of hydrogen-bond donors (Lipinski definition) is 2. The Bertz CT molecular complexity index is 1050. The van der Waals surface area contributed by atoms with E-state index in [-0.39, 0.29) is 12.2 Å². The van der Waals surface area contributed by atoms with E-state index < -0.39 is 12.0 Å². The second-order valence-corrected chi connectivity index (χ2v) is 5.99. The fourth-order valence-corrected chi connectivity index (χ4v) is 2.95. The highest BCUT2D eigenvalue weighted by Crippen LogP contribution is 2.25. The third-order valence-corrected chi connectivity index (χ3v) is 4.25. The number of aliphatic hydroxyl groups is 1. The van der Waals surface area contributed by atoms with Gasteiger partial charge in [-0.05, 0) is 18.2 Å². The van der Waals surface area contributed by atoms with E-state index in [1.165, 1.54) is 12.3 Å². The highest BCUT2D eigenvalue weighted by Gasteiger charge is 2.18. The van der Waals surface area contributed by atoms with Crippen LogP contribution in [-0.4, -0.2) is 27.3 Å². The number of fused-ring (bicyclic) bond motifs is 1. The van der Waals surface area contributed by atoms with Crippen LogP contribution in [-0.2, 0) is 7.05 Å². The summed E-state index contributed by atoms with van der Waals surface area (Å²) in [5.41, 5.74) is 1.91. The van der Waals surface area contributed by atoms with Crippen molar-refractivity contribution in [2.75, 3.05) is 6.54 Å². The van der Waals surface area contributed by atoms with Gasteiger partial charge in [-0.1, -0.05) is 23.4 Å². The molecule has 1 amide bonds. The third kappa shape index (κ3) is 2.89. The normalized spacial score (nSPS) is 12.4. The molecule has 0 spiro atoms. The van der Waals surface area contributed by atoms with Crippen molar-refractivity contribution in [3.05, 3.63) is 66.2 Å². The Morgan fingerprint density at radius 3 is 2.92 bits per heavy atom. The summed E-state index contributed by atoms with van der Waals surface area (Å²) in [6.07, 6.45) is 2.55. The van der Waals surface area contributed by atoms with Gasteiger partial charge in [-0.15, -0.1) is 0 Å². The van der Waals surface area contributed by atoms with Crippen molar-refractivity contribution in [2.45, 2.75) is 6.10 Å². The molecule has 2 N–H and O–H groups in total. The average molecular weight is 351 g/mol. The number of aromatic nitrogens is 2. The van der Waals surface area contributed by atoms with Gasteiger partial charge in [0.25, 0.3) is 5.91 Å². The summed E-state index contributed by atoms with van der Waals surface area (Å²) in [6, 6.07) is 12.7. The fraction of sp³-hybridized carbons (Fsp3) is 0.158. The molecule has 0 aliphatic carbocycles. The highest BCUT2D eigenvalue weighted by atomic mass is 16.5. The van der Waals surface area contributed by atoms with Crippen LogP contribution in [0.15, 0.2) is 63.9 Å². The molecule has 3 heterocycles. The Balaban J connectivity index is 1.45. The molecule has 7 heteroatoms. The Hall–Kier alpha value is -3.32. The Morgan fingerprint density at radius 1 is 1.27 bits per heavy atom. The number of nitrogens with one attached hydrogen (secondary N) is 1. The largest absolute Gasteiger partial charge is 0.461 e. The van der Waals surface area contributed by atoms with Crippen LogP contribution in [0.2, 0.25) is 0 Å². The van der Waals surface area contributed by atoms with Gasteiger partial charge in [0.2, 0.25) is 5.76 Å². The van der Waals surface area contributed by atoms with Crippen molar-refractivity contribution >= 4 is 16.8 Å². The van der Waals surface area contributed by atoms with Gasteiger partial charge in [0.1, 0.15) is 0 Å². The number of carbonyl (C=O) groups is 1. The summed E-state index contributed by atoms with van der Waals surface area (Å²) < 4.78 is 12.3. The van der Waals surface area contributed by atoms with Crippen molar-refractivity contribution in [3.63, 3.8) is 0 Å². The van der Waals surface area contributed by atoms with Crippen molar-refractivity contribution in [3.8, 4) is 11.5 Å². The first-order chi connectivity index (χ1) is 12.6. The minimum atomic E-state index is -0.832. The molecule has 0 saturated carbocycles. The van der Waals surface area contributed by atoms with Crippen LogP contribution in [0, 0.1) is 0 Å². The van der Waals surface area contributed by atoms with Gasteiger partial charge >= 0.3 is 0 Å². The Kier molecular flexibility index (Phi) is 4.06. The lowest BCUT2D eigenvalue weighted by Gasteiger charge is -2.10. The summed E-state index contributed by atoms with van der Waals surface area (Å²) >= 11 is 0. The number of carbonyl (C=O) groups excluding carboxylic acids is 1. The number of rotatable bonds is 5. The van der Waals surface area contributed by atoms with Crippen molar-refractivity contribution in [1.82, 2.24) is 15.0 Å². The summed E-state index contributed by atoms with van der Waals surface area (Å²) in [5.74, 6) is 0.438. The quantitative estimate of drug-likeness (QED) is 0.577. The number of nitrogens with zero attached hydrogens (tertiary/aromatic N) is 2. The zero-order valence-corrected chi connectivity index (χ0v) is 14.0. The number of benzene rings is 1. The minimum Gasteiger partial charge on any atom is -0.461 e. The van der Waals surface area contributed by atoms with Crippen LogP contribution in [0.1, 0.15) is 22.2 Å². The molecule has 132 valence electrons. The first kappa shape index (κ1) is 16.2. The van der Waals surface area contributed by atoms with E-state index in [1.54, 1.807) is 12.1 Å². The third-order valence-electron chi connectivity index (χ3n) is 4.25. The molecule has 1 aromatic carbocycles. The van der Waals surface area contributed by atoms with Crippen molar-refractivity contribution in [1.29, 1.82) is 0 Å². The molecule has 3 aromatic heterocycles. The predicted octanol–water partition coefficient (Wildman–Crippen LogP) is 2.89. The van der Waals surface area contributed by atoms with Gasteiger partial charge < -0.3 is 23.9 Å². The molecule has 4 aromatic rings. The van der Waals surface area contributed by atoms with Crippen LogP contribution >= 0.6 is 0 Å². The van der Waals surface area contributed by atoms with Gasteiger partial charge in [-0.25, -0.2) is 0 Å². The van der Waals surface area contributed by atoms with E-state index in [9.17, 15) is 9.90 Å². The van der Waals surface area contributed by atoms with E-state index in [4.69, 9.17) is 8.94 Å².